The molecule has 0 aromatic heterocycles. The smallest absolute Gasteiger partial charge is 0.190 e. The molecule has 0 aromatic rings. The van der Waals surface area contributed by atoms with Crippen LogP contribution in [0, 0.1) is 0 Å². The molecule has 2 aliphatic carbocycles. The van der Waals surface area contributed by atoms with Crippen LogP contribution in [0.5, 0.6) is 0 Å². The zero-order valence-corrected chi connectivity index (χ0v) is 14.0. The molecule has 0 aromatic carbocycles. The maximum Gasteiger partial charge on any atom is 0.190 e. The van der Waals surface area contributed by atoms with Gasteiger partial charge < -0.3 is 23.7 Å². The van der Waals surface area contributed by atoms with Crippen LogP contribution in [0.25, 0.3) is 0 Å². The molecule has 5 heteroatoms. The van der Waals surface area contributed by atoms with Gasteiger partial charge in [-0.2, -0.15) is 0 Å². The van der Waals surface area contributed by atoms with E-state index < -0.39 is 11.6 Å². The molecular weight excluding hydrogens is 296 g/mol. The largest absolute Gasteiger partial charge is 0.344 e. The van der Waals surface area contributed by atoms with Crippen LogP contribution in [-0.2, 0) is 23.7 Å². The van der Waals surface area contributed by atoms with E-state index in [2.05, 4.69) is 6.92 Å². The molecular formula is C18H28O5. The van der Waals surface area contributed by atoms with Crippen molar-refractivity contribution in [1.29, 1.82) is 0 Å². The fraction of sp³-hybridized carbons (Fsp3) is 1.00. The first-order valence-corrected chi connectivity index (χ1v) is 9.56. The van der Waals surface area contributed by atoms with Crippen LogP contribution in [-0.4, -0.2) is 42.3 Å². The lowest BCUT2D eigenvalue weighted by molar-refractivity contribution is -0.247. The number of ether oxygens (including phenoxy) is 5. The van der Waals surface area contributed by atoms with E-state index in [1.807, 2.05) is 0 Å². The van der Waals surface area contributed by atoms with Crippen LogP contribution < -0.4 is 0 Å². The SMILES string of the molecule is C[C@H]1O[C@@H]2OC3(CCCCC3)O[C@@H]2[C@H]2OC3(CCCCC3)O[C@H]21. The van der Waals surface area contributed by atoms with Crippen molar-refractivity contribution in [2.24, 2.45) is 0 Å². The van der Waals surface area contributed by atoms with E-state index in [0.717, 1.165) is 25.7 Å². The van der Waals surface area contributed by atoms with Crippen LogP contribution in [0.4, 0.5) is 0 Å². The number of hydrogen-bond donors (Lipinski definition) is 0. The third kappa shape index (κ3) is 2.39. The normalized spacial score (nSPS) is 47.6. The Morgan fingerprint density at radius 1 is 0.609 bits per heavy atom. The van der Waals surface area contributed by atoms with Gasteiger partial charge in [-0.1, -0.05) is 12.8 Å². The molecule has 5 fully saturated rings. The average Bonchev–Trinajstić information content (AvgIpc) is 3.08. The molecule has 0 bridgehead atoms. The monoisotopic (exact) mass is 324 g/mol. The Hall–Kier alpha value is -0.200. The van der Waals surface area contributed by atoms with E-state index in [4.69, 9.17) is 23.7 Å². The summed E-state index contributed by atoms with van der Waals surface area (Å²) in [6.45, 7) is 2.08. The lowest BCUT2D eigenvalue weighted by atomic mass is 9.94. The second-order valence-electron chi connectivity index (χ2n) is 8.02. The molecule has 3 aliphatic heterocycles. The summed E-state index contributed by atoms with van der Waals surface area (Å²) >= 11 is 0. The highest BCUT2D eigenvalue weighted by atomic mass is 16.9. The van der Waals surface area contributed by atoms with Gasteiger partial charge in [-0.25, -0.2) is 0 Å². The summed E-state index contributed by atoms with van der Waals surface area (Å²) < 4.78 is 31.8. The Labute approximate surface area is 137 Å². The van der Waals surface area contributed by atoms with Crippen molar-refractivity contribution >= 4 is 0 Å². The van der Waals surface area contributed by atoms with Gasteiger partial charge in [0.2, 0.25) is 0 Å². The van der Waals surface area contributed by atoms with Crippen molar-refractivity contribution in [2.45, 2.75) is 113 Å². The molecule has 2 saturated carbocycles. The first kappa shape index (κ1) is 15.1. The molecule has 23 heavy (non-hydrogen) atoms. The Morgan fingerprint density at radius 2 is 1.13 bits per heavy atom. The number of hydrogen-bond acceptors (Lipinski definition) is 5. The van der Waals surface area contributed by atoms with Gasteiger partial charge in [0.25, 0.3) is 0 Å². The zero-order chi connectivity index (χ0) is 15.5. The maximum atomic E-state index is 6.50. The highest BCUT2D eigenvalue weighted by Crippen LogP contribution is 2.50. The molecule has 5 rings (SSSR count). The van der Waals surface area contributed by atoms with Gasteiger partial charge in [0.05, 0.1) is 6.10 Å². The maximum absolute atomic E-state index is 6.50. The van der Waals surface area contributed by atoms with Crippen LogP contribution in [0.15, 0.2) is 0 Å². The van der Waals surface area contributed by atoms with Gasteiger partial charge in [-0.15, -0.1) is 0 Å². The molecule has 0 N–H and O–H groups in total. The Kier molecular flexibility index (Phi) is 3.54. The van der Waals surface area contributed by atoms with Crippen molar-refractivity contribution < 1.29 is 23.7 Å². The molecule has 3 saturated heterocycles. The first-order valence-electron chi connectivity index (χ1n) is 9.56. The summed E-state index contributed by atoms with van der Waals surface area (Å²) in [6.07, 6.45) is 10.7. The zero-order valence-electron chi connectivity index (χ0n) is 14.0. The minimum Gasteiger partial charge on any atom is -0.344 e. The minimum absolute atomic E-state index is 0.00936. The lowest BCUT2D eigenvalue weighted by Gasteiger charge is -2.35. The Morgan fingerprint density at radius 3 is 1.78 bits per heavy atom. The molecule has 0 radical (unpaired) electrons. The quantitative estimate of drug-likeness (QED) is 0.684. The van der Waals surface area contributed by atoms with Crippen LogP contribution in [0.3, 0.4) is 0 Å². The standard InChI is InChI=1S/C18H28O5/c1-12-13-14(21-17(20-13)8-4-2-5-9-17)15-16(19-12)23-18(22-15)10-6-3-7-11-18/h12-16H,2-11H2,1H3/t12-,13+,14+,15-,16-/m1/s1. The van der Waals surface area contributed by atoms with Gasteiger partial charge >= 0.3 is 0 Å². The predicted molar refractivity (Wildman–Crippen MR) is 81.7 cm³/mol. The molecule has 5 nitrogen and oxygen atoms in total. The first-order chi connectivity index (χ1) is 11.2. The van der Waals surface area contributed by atoms with Crippen molar-refractivity contribution in [3.05, 3.63) is 0 Å². The Bertz CT molecular complexity index is 454. The number of fused-ring (bicyclic) bond motifs is 3. The minimum atomic E-state index is -0.437. The van der Waals surface area contributed by atoms with Crippen LogP contribution in [0.1, 0.15) is 71.1 Å². The van der Waals surface area contributed by atoms with Crippen LogP contribution in [0.2, 0.25) is 0 Å². The van der Waals surface area contributed by atoms with E-state index >= 15 is 0 Å². The molecule has 2 spiro atoms. The summed E-state index contributed by atoms with van der Waals surface area (Å²) in [7, 11) is 0. The van der Waals surface area contributed by atoms with E-state index in [1.54, 1.807) is 0 Å². The average molecular weight is 324 g/mol. The summed E-state index contributed by atoms with van der Waals surface area (Å²) in [6, 6.07) is 0. The third-order valence-electron chi connectivity index (χ3n) is 6.34. The second-order valence-corrected chi connectivity index (χ2v) is 8.02. The van der Waals surface area contributed by atoms with E-state index in [-0.39, 0.29) is 30.7 Å². The van der Waals surface area contributed by atoms with Crippen molar-refractivity contribution in [1.82, 2.24) is 0 Å². The Balaban J connectivity index is 1.38. The molecule has 130 valence electrons. The number of rotatable bonds is 0. The summed E-state index contributed by atoms with van der Waals surface area (Å²) in [4.78, 5) is 0. The van der Waals surface area contributed by atoms with Gasteiger partial charge in [-0.3, -0.25) is 0 Å². The molecule has 0 unspecified atom stereocenters. The molecule has 0 amide bonds. The highest BCUT2D eigenvalue weighted by molar-refractivity contribution is 5.02. The van der Waals surface area contributed by atoms with E-state index in [0.29, 0.717) is 0 Å². The van der Waals surface area contributed by atoms with Crippen molar-refractivity contribution in [3.63, 3.8) is 0 Å². The topological polar surface area (TPSA) is 46.2 Å². The summed E-state index contributed by atoms with van der Waals surface area (Å²) in [5.41, 5.74) is 0. The molecule has 5 atom stereocenters. The lowest BCUT2D eigenvalue weighted by Crippen LogP contribution is -2.53. The summed E-state index contributed by atoms with van der Waals surface area (Å²) in [5, 5.41) is 0. The van der Waals surface area contributed by atoms with Gasteiger partial charge in [0.1, 0.15) is 18.3 Å². The van der Waals surface area contributed by atoms with Crippen molar-refractivity contribution in [3.8, 4) is 0 Å². The van der Waals surface area contributed by atoms with Crippen molar-refractivity contribution in [2.75, 3.05) is 0 Å². The predicted octanol–water partition coefficient (Wildman–Crippen LogP) is 3.25. The highest BCUT2D eigenvalue weighted by Gasteiger charge is 2.63. The van der Waals surface area contributed by atoms with Gasteiger partial charge in [-0.05, 0) is 32.6 Å². The van der Waals surface area contributed by atoms with Crippen LogP contribution >= 0.6 is 0 Å². The van der Waals surface area contributed by atoms with E-state index in [1.165, 1.54) is 38.5 Å². The molecule has 3 heterocycles. The molecule has 5 aliphatic rings. The summed E-state index contributed by atoms with van der Waals surface area (Å²) in [5.74, 6) is -0.834. The second kappa shape index (κ2) is 5.40. The van der Waals surface area contributed by atoms with Gasteiger partial charge in [0, 0.05) is 25.7 Å². The third-order valence-corrected chi connectivity index (χ3v) is 6.34. The van der Waals surface area contributed by atoms with Gasteiger partial charge in [0.15, 0.2) is 17.9 Å². The fourth-order valence-corrected chi connectivity index (χ4v) is 5.15. The van der Waals surface area contributed by atoms with E-state index in [9.17, 15) is 0 Å². The fourth-order valence-electron chi connectivity index (χ4n) is 5.15.